The van der Waals surface area contributed by atoms with Crippen molar-refractivity contribution in [3.63, 3.8) is 0 Å². The number of ether oxygens (including phenoxy) is 2. The Morgan fingerprint density at radius 2 is 1.85 bits per heavy atom. The first-order valence-corrected chi connectivity index (χ1v) is 12.3. The number of hydrogen-bond acceptors (Lipinski definition) is 6. The summed E-state index contributed by atoms with van der Waals surface area (Å²) in [5.41, 5.74) is -2.90. The number of rotatable bonds is 6. The molecule has 1 N–H and O–H groups in total. The van der Waals surface area contributed by atoms with Gasteiger partial charge < -0.3 is 19.7 Å². The molecule has 0 saturated carbocycles. The predicted molar refractivity (Wildman–Crippen MR) is 132 cm³/mol. The first-order chi connectivity index (χ1) is 18.7. The van der Waals surface area contributed by atoms with E-state index in [1.807, 2.05) is 0 Å². The number of benzene rings is 1. The molecule has 2 aromatic heterocycles. The zero-order valence-corrected chi connectivity index (χ0v) is 21.9. The maximum atomic E-state index is 13.7. The van der Waals surface area contributed by atoms with Gasteiger partial charge in [0.15, 0.2) is 5.82 Å². The number of aryl methyl sites for hydroxylation is 1. The van der Waals surface area contributed by atoms with E-state index in [1.54, 1.807) is 0 Å². The van der Waals surface area contributed by atoms with Crippen molar-refractivity contribution in [1.82, 2.24) is 19.7 Å². The standard InChI is InChI=1S/C24H18Cl2F5N5O4/c1-12-5-13(25)6-14(21(38)35-8-23(27,28)9-35)18(12)33-20(37)16-7-17(40-22(10-39-11-22)24(29,30)31)34-36(16)19-15(26)3-2-4-32-19/h2-7H,8-11H2,1H3,(H,33,37). The van der Waals surface area contributed by atoms with Gasteiger partial charge in [-0.1, -0.05) is 23.2 Å². The second-order valence-electron chi connectivity index (χ2n) is 9.29. The Morgan fingerprint density at radius 1 is 1.15 bits per heavy atom. The molecule has 2 fully saturated rings. The minimum atomic E-state index is -4.80. The molecule has 4 heterocycles. The minimum Gasteiger partial charge on any atom is -0.455 e. The van der Waals surface area contributed by atoms with Crippen LogP contribution in [0.4, 0.5) is 27.6 Å². The number of carbonyl (C=O) groups is 2. The number of nitrogens with one attached hydrogen (secondary N) is 1. The fraction of sp³-hybridized carbons (Fsp3) is 0.333. The molecule has 0 unspecified atom stereocenters. The van der Waals surface area contributed by atoms with E-state index >= 15 is 0 Å². The molecule has 1 aromatic carbocycles. The van der Waals surface area contributed by atoms with Crippen molar-refractivity contribution in [3.05, 3.63) is 63.4 Å². The van der Waals surface area contributed by atoms with E-state index in [2.05, 4.69) is 15.4 Å². The van der Waals surface area contributed by atoms with Crippen LogP contribution in [-0.2, 0) is 4.74 Å². The highest BCUT2D eigenvalue weighted by molar-refractivity contribution is 6.32. The number of amides is 2. The van der Waals surface area contributed by atoms with Crippen LogP contribution in [0, 0.1) is 6.92 Å². The molecular formula is C24H18Cl2F5N5O4. The molecule has 0 radical (unpaired) electrons. The number of halogens is 7. The molecule has 2 aliphatic rings. The first-order valence-electron chi connectivity index (χ1n) is 11.5. The Labute approximate surface area is 232 Å². The van der Waals surface area contributed by atoms with Gasteiger partial charge >= 0.3 is 6.18 Å². The lowest BCUT2D eigenvalue weighted by molar-refractivity contribution is -0.323. The van der Waals surface area contributed by atoms with Crippen molar-refractivity contribution in [1.29, 1.82) is 0 Å². The van der Waals surface area contributed by atoms with Gasteiger partial charge in [0.1, 0.15) is 5.69 Å². The van der Waals surface area contributed by atoms with Crippen LogP contribution in [0.1, 0.15) is 26.4 Å². The molecule has 2 aliphatic heterocycles. The van der Waals surface area contributed by atoms with Gasteiger partial charge in [0.2, 0.25) is 5.88 Å². The maximum absolute atomic E-state index is 13.7. The molecule has 40 heavy (non-hydrogen) atoms. The maximum Gasteiger partial charge on any atom is 0.432 e. The second kappa shape index (κ2) is 9.85. The third-order valence-electron chi connectivity index (χ3n) is 6.25. The summed E-state index contributed by atoms with van der Waals surface area (Å²) in [6.07, 6.45) is -3.48. The fourth-order valence-corrected chi connectivity index (χ4v) is 4.59. The van der Waals surface area contributed by atoms with Gasteiger partial charge in [-0.25, -0.2) is 18.4 Å². The first kappa shape index (κ1) is 28.1. The van der Waals surface area contributed by atoms with Crippen molar-refractivity contribution in [2.45, 2.75) is 24.6 Å². The van der Waals surface area contributed by atoms with Crippen LogP contribution in [0.15, 0.2) is 36.5 Å². The summed E-state index contributed by atoms with van der Waals surface area (Å²) in [6.45, 7) is -1.64. The average Bonchev–Trinajstić information content (AvgIpc) is 3.24. The molecule has 3 aromatic rings. The van der Waals surface area contributed by atoms with E-state index in [4.69, 9.17) is 32.7 Å². The molecule has 5 rings (SSSR count). The van der Waals surface area contributed by atoms with Crippen LogP contribution in [0.25, 0.3) is 5.82 Å². The van der Waals surface area contributed by atoms with Crippen LogP contribution in [0.2, 0.25) is 10.0 Å². The molecule has 2 amide bonds. The number of pyridine rings is 1. The van der Waals surface area contributed by atoms with E-state index in [1.165, 1.54) is 37.4 Å². The minimum absolute atomic E-state index is 0.0148. The van der Waals surface area contributed by atoms with Gasteiger partial charge in [-0.15, -0.1) is 5.10 Å². The Bertz CT molecular complexity index is 1500. The van der Waals surface area contributed by atoms with Gasteiger partial charge in [-0.2, -0.15) is 13.2 Å². The van der Waals surface area contributed by atoms with E-state index in [0.717, 1.165) is 15.6 Å². The topological polar surface area (TPSA) is 98.6 Å². The number of alkyl halides is 5. The Morgan fingerprint density at radius 3 is 2.42 bits per heavy atom. The zero-order valence-electron chi connectivity index (χ0n) is 20.4. The smallest absolute Gasteiger partial charge is 0.432 e. The van der Waals surface area contributed by atoms with Crippen molar-refractivity contribution in [3.8, 4) is 11.7 Å². The highest BCUT2D eigenvalue weighted by Crippen LogP contribution is 2.40. The van der Waals surface area contributed by atoms with Crippen LogP contribution in [0.5, 0.6) is 5.88 Å². The van der Waals surface area contributed by atoms with Crippen molar-refractivity contribution < 1.29 is 41.0 Å². The summed E-state index contributed by atoms with van der Waals surface area (Å²) >= 11 is 12.3. The summed E-state index contributed by atoms with van der Waals surface area (Å²) in [6, 6.07) is 6.52. The number of anilines is 1. The molecule has 16 heteroatoms. The van der Waals surface area contributed by atoms with Crippen molar-refractivity contribution >= 4 is 40.7 Å². The Balaban J connectivity index is 1.52. The summed E-state index contributed by atoms with van der Waals surface area (Å²) < 4.78 is 78.7. The van der Waals surface area contributed by atoms with E-state index in [-0.39, 0.29) is 32.8 Å². The third-order valence-corrected chi connectivity index (χ3v) is 6.76. The van der Waals surface area contributed by atoms with Crippen molar-refractivity contribution in [2.75, 3.05) is 31.6 Å². The number of aromatic nitrogens is 3. The Kier molecular flexibility index (Phi) is 6.91. The lowest BCUT2D eigenvalue weighted by Gasteiger charge is -2.41. The molecule has 0 bridgehead atoms. The molecule has 0 spiro atoms. The van der Waals surface area contributed by atoms with Crippen LogP contribution in [0.3, 0.4) is 0 Å². The average molecular weight is 606 g/mol. The molecule has 2 saturated heterocycles. The molecule has 212 valence electrons. The van der Waals surface area contributed by atoms with E-state index in [0.29, 0.717) is 5.56 Å². The highest BCUT2D eigenvalue weighted by Gasteiger charge is 2.63. The SMILES string of the molecule is Cc1cc(Cl)cc(C(=O)N2CC(F)(F)C2)c1NC(=O)c1cc(OC2(C(F)(F)F)COC2)nn1-c1ncccc1Cl. The van der Waals surface area contributed by atoms with E-state index in [9.17, 15) is 31.5 Å². The molecule has 0 aliphatic carbocycles. The zero-order chi connectivity index (χ0) is 29.0. The van der Waals surface area contributed by atoms with Gasteiger partial charge in [0.25, 0.3) is 23.3 Å². The second-order valence-corrected chi connectivity index (χ2v) is 10.1. The summed E-state index contributed by atoms with van der Waals surface area (Å²) in [7, 11) is 0. The number of likely N-dealkylation sites (tertiary alicyclic amines) is 1. The number of carbonyl (C=O) groups excluding carboxylic acids is 2. The number of nitrogens with zero attached hydrogens (tertiary/aromatic N) is 4. The number of hydrogen-bond donors (Lipinski definition) is 1. The Hall–Kier alpha value is -3.49. The highest BCUT2D eigenvalue weighted by atomic mass is 35.5. The van der Waals surface area contributed by atoms with Crippen LogP contribution >= 0.6 is 23.2 Å². The fourth-order valence-electron chi connectivity index (χ4n) is 4.12. The third kappa shape index (κ3) is 5.06. The summed E-state index contributed by atoms with van der Waals surface area (Å²) in [5, 5.41) is 6.65. The molecule has 9 nitrogen and oxygen atoms in total. The molecule has 0 atom stereocenters. The molecular weight excluding hydrogens is 588 g/mol. The van der Waals surface area contributed by atoms with Gasteiger partial charge in [0.05, 0.1) is 42.6 Å². The van der Waals surface area contributed by atoms with Crippen LogP contribution < -0.4 is 10.1 Å². The van der Waals surface area contributed by atoms with Gasteiger partial charge in [0, 0.05) is 17.3 Å². The van der Waals surface area contributed by atoms with E-state index < -0.39 is 61.7 Å². The lowest BCUT2D eigenvalue weighted by Crippen LogP contribution is -2.64. The van der Waals surface area contributed by atoms with Crippen LogP contribution in [-0.4, -0.2) is 75.5 Å². The lowest BCUT2D eigenvalue weighted by atomic mass is 10.0. The predicted octanol–water partition coefficient (Wildman–Crippen LogP) is 4.94. The summed E-state index contributed by atoms with van der Waals surface area (Å²) in [5.74, 6) is -5.43. The van der Waals surface area contributed by atoms with Gasteiger partial charge in [-0.05, 0) is 36.8 Å². The quantitative estimate of drug-likeness (QED) is 0.400. The monoisotopic (exact) mass is 605 g/mol. The van der Waals surface area contributed by atoms with Gasteiger partial charge in [-0.3, -0.25) is 9.59 Å². The normalized spacial score (nSPS) is 17.6. The summed E-state index contributed by atoms with van der Waals surface area (Å²) in [4.78, 5) is 31.5. The van der Waals surface area contributed by atoms with Crippen molar-refractivity contribution in [2.24, 2.45) is 0 Å². The largest absolute Gasteiger partial charge is 0.455 e.